The largest absolute Gasteiger partial charge is 0.345 e. The van der Waals surface area contributed by atoms with Gasteiger partial charge in [0.05, 0.1) is 0 Å². The summed E-state index contributed by atoms with van der Waals surface area (Å²) in [5, 5.41) is 0. The van der Waals surface area contributed by atoms with Crippen LogP contribution in [0.2, 0.25) is 0 Å². The van der Waals surface area contributed by atoms with Crippen molar-refractivity contribution in [1.29, 1.82) is 0 Å². The quantitative estimate of drug-likeness (QED) is 0.813. The monoisotopic (exact) mass is 376 g/mol. The van der Waals surface area contributed by atoms with Gasteiger partial charge >= 0.3 is 0 Å². The minimum atomic E-state index is 0.0715. The minimum Gasteiger partial charge on any atom is -0.345 e. The van der Waals surface area contributed by atoms with Crippen LogP contribution < -0.4 is 0 Å². The Bertz CT molecular complexity index is 907. The molecule has 146 valence electrons. The van der Waals surface area contributed by atoms with E-state index < -0.39 is 0 Å². The molecule has 1 heterocycles. The molecule has 1 saturated heterocycles. The SMILES string of the molecule is Cc1ccccc1-c1ccccc1C(=O)N(C)[C@@H]1C[C@@H]2CC(=O)N(C)C[C@@H]2C1. The zero-order valence-corrected chi connectivity index (χ0v) is 16.9. The van der Waals surface area contributed by atoms with E-state index in [1.165, 1.54) is 5.56 Å². The van der Waals surface area contributed by atoms with Crippen LogP contribution in [0.25, 0.3) is 11.1 Å². The van der Waals surface area contributed by atoms with E-state index >= 15 is 0 Å². The molecule has 0 unspecified atom stereocenters. The van der Waals surface area contributed by atoms with E-state index in [0.29, 0.717) is 18.3 Å². The second-order valence-corrected chi connectivity index (χ2v) is 8.40. The molecule has 0 aromatic heterocycles. The van der Waals surface area contributed by atoms with Gasteiger partial charge in [-0.2, -0.15) is 0 Å². The molecule has 2 amide bonds. The van der Waals surface area contributed by atoms with E-state index in [0.717, 1.165) is 36.1 Å². The van der Waals surface area contributed by atoms with Crippen LogP contribution in [-0.2, 0) is 4.79 Å². The van der Waals surface area contributed by atoms with Crippen molar-refractivity contribution in [2.75, 3.05) is 20.6 Å². The van der Waals surface area contributed by atoms with Crippen LogP contribution in [0, 0.1) is 18.8 Å². The molecule has 1 saturated carbocycles. The fourth-order valence-corrected chi connectivity index (χ4v) is 4.94. The molecular formula is C24H28N2O2. The molecule has 2 fully saturated rings. The van der Waals surface area contributed by atoms with Crippen LogP contribution in [0.5, 0.6) is 0 Å². The van der Waals surface area contributed by atoms with E-state index in [4.69, 9.17) is 0 Å². The third-order valence-corrected chi connectivity index (χ3v) is 6.65. The highest BCUT2D eigenvalue weighted by molar-refractivity contribution is 6.01. The maximum Gasteiger partial charge on any atom is 0.254 e. The Hall–Kier alpha value is -2.62. The van der Waals surface area contributed by atoms with Crippen molar-refractivity contribution in [3.8, 4) is 11.1 Å². The number of benzene rings is 2. The van der Waals surface area contributed by atoms with E-state index in [9.17, 15) is 9.59 Å². The van der Waals surface area contributed by atoms with Gasteiger partial charge < -0.3 is 9.80 Å². The molecule has 0 radical (unpaired) electrons. The number of aryl methyl sites for hydroxylation is 1. The lowest BCUT2D eigenvalue weighted by Gasteiger charge is -2.31. The summed E-state index contributed by atoms with van der Waals surface area (Å²) >= 11 is 0. The summed E-state index contributed by atoms with van der Waals surface area (Å²) in [7, 11) is 3.81. The third kappa shape index (κ3) is 3.32. The molecule has 0 spiro atoms. The number of piperidine rings is 1. The second-order valence-electron chi connectivity index (χ2n) is 8.40. The van der Waals surface area contributed by atoms with Gasteiger partial charge in [-0.25, -0.2) is 0 Å². The predicted octanol–water partition coefficient (Wildman–Crippen LogP) is 3.99. The van der Waals surface area contributed by atoms with Crippen LogP contribution in [0.15, 0.2) is 48.5 Å². The van der Waals surface area contributed by atoms with Gasteiger partial charge in [0, 0.05) is 38.7 Å². The summed E-state index contributed by atoms with van der Waals surface area (Å²) in [6.45, 7) is 2.90. The summed E-state index contributed by atoms with van der Waals surface area (Å²) in [5.74, 6) is 1.23. The fraction of sp³-hybridized carbons (Fsp3) is 0.417. The van der Waals surface area contributed by atoms with Crippen LogP contribution in [0.3, 0.4) is 0 Å². The predicted molar refractivity (Wildman–Crippen MR) is 111 cm³/mol. The molecule has 4 nitrogen and oxygen atoms in total. The van der Waals surface area contributed by atoms with Gasteiger partial charge in [-0.3, -0.25) is 9.59 Å². The molecule has 2 aromatic carbocycles. The second kappa shape index (κ2) is 7.42. The van der Waals surface area contributed by atoms with Crippen LogP contribution in [0.1, 0.15) is 35.2 Å². The molecule has 0 N–H and O–H groups in total. The maximum atomic E-state index is 13.4. The van der Waals surface area contributed by atoms with E-state index in [1.807, 2.05) is 60.3 Å². The molecule has 3 atom stereocenters. The fourth-order valence-electron chi connectivity index (χ4n) is 4.94. The average Bonchev–Trinajstić information content (AvgIpc) is 3.10. The zero-order chi connectivity index (χ0) is 19.8. The first kappa shape index (κ1) is 18.7. The molecule has 2 aromatic rings. The molecule has 2 aliphatic rings. The van der Waals surface area contributed by atoms with Crippen molar-refractivity contribution in [3.63, 3.8) is 0 Å². The molecular weight excluding hydrogens is 348 g/mol. The Labute approximate surface area is 167 Å². The molecule has 0 bridgehead atoms. The summed E-state index contributed by atoms with van der Waals surface area (Å²) < 4.78 is 0. The summed E-state index contributed by atoms with van der Waals surface area (Å²) in [4.78, 5) is 29.2. The van der Waals surface area contributed by atoms with Crippen molar-refractivity contribution < 1.29 is 9.59 Å². The molecule has 1 aliphatic heterocycles. The highest BCUT2D eigenvalue weighted by atomic mass is 16.2. The Balaban J connectivity index is 1.58. The molecule has 4 heteroatoms. The summed E-state index contributed by atoms with van der Waals surface area (Å²) in [5.41, 5.74) is 4.01. The number of fused-ring (bicyclic) bond motifs is 1. The smallest absolute Gasteiger partial charge is 0.254 e. The Kier molecular flexibility index (Phi) is 4.96. The van der Waals surface area contributed by atoms with Gasteiger partial charge in [-0.1, -0.05) is 42.5 Å². The minimum absolute atomic E-state index is 0.0715. The summed E-state index contributed by atoms with van der Waals surface area (Å²) in [6.07, 6.45) is 2.54. The zero-order valence-electron chi connectivity index (χ0n) is 16.9. The van der Waals surface area contributed by atoms with Gasteiger partial charge in [-0.05, 0) is 54.4 Å². The molecule has 28 heavy (non-hydrogen) atoms. The van der Waals surface area contributed by atoms with Crippen molar-refractivity contribution in [2.24, 2.45) is 11.8 Å². The summed E-state index contributed by atoms with van der Waals surface area (Å²) in [6, 6.07) is 16.3. The lowest BCUT2D eigenvalue weighted by Crippen LogP contribution is -2.40. The average molecular weight is 377 g/mol. The van der Waals surface area contributed by atoms with E-state index in [1.54, 1.807) is 0 Å². The normalized spacial score (nSPS) is 24.2. The first-order valence-corrected chi connectivity index (χ1v) is 10.1. The Morgan fingerprint density at radius 3 is 2.39 bits per heavy atom. The maximum absolute atomic E-state index is 13.4. The van der Waals surface area contributed by atoms with Crippen molar-refractivity contribution >= 4 is 11.8 Å². The van der Waals surface area contributed by atoms with Crippen molar-refractivity contribution in [3.05, 3.63) is 59.7 Å². The number of likely N-dealkylation sites (tertiary alicyclic amines) is 1. The molecule has 1 aliphatic carbocycles. The number of nitrogens with zero attached hydrogens (tertiary/aromatic N) is 2. The number of rotatable bonds is 3. The Morgan fingerprint density at radius 2 is 1.64 bits per heavy atom. The van der Waals surface area contributed by atoms with Crippen molar-refractivity contribution in [1.82, 2.24) is 9.80 Å². The third-order valence-electron chi connectivity index (χ3n) is 6.65. The number of hydrogen-bond acceptors (Lipinski definition) is 2. The van der Waals surface area contributed by atoms with Crippen LogP contribution >= 0.6 is 0 Å². The topological polar surface area (TPSA) is 40.6 Å². The standard InChI is InChI=1S/C24H28N2O2/c1-16-8-4-5-9-20(16)21-10-6-7-11-22(21)24(28)26(3)19-12-17-14-23(27)25(2)15-18(17)13-19/h4-11,17-19H,12-15H2,1-3H3/t17-,18+,19-/m1/s1. The lowest BCUT2D eigenvalue weighted by molar-refractivity contribution is -0.134. The van der Waals surface area contributed by atoms with Gasteiger partial charge in [-0.15, -0.1) is 0 Å². The van der Waals surface area contributed by atoms with E-state index in [-0.39, 0.29) is 17.9 Å². The van der Waals surface area contributed by atoms with Gasteiger partial charge in [0.15, 0.2) is 0 Å². The van der Waals surface area contributed by atoms with Gasteiger partial charge in [0.25, 0.3) is 5.91 Å². The number of carbonyl (C=O) groups excluding carboxylic acids is 2. The van der Waals surface area contributed by atoms with Gasteiger partial charge in [0.1, 0.15) is 0 Å². The lowest BCUT2D eigenvalue weighted by atomic mass is 9.88. The number of carbonyl (C=O) groups is 2. The van der Waals surface area contributed by atoms with Gasteiger partial charge in [0.2, 0.25) is 5.91 Å². The van der Waals surface area contributed by atoms with Crippen LogP contribution in [-0.4, -0.2) is 48.3 Å². The van der Waals surface area contributed by atoms with Crippen LogP contribution in [0.4, 0.5) is 0 Å². The highest BCUT2D eigenvalue weighted by Crippen LogP contribution is 2.40. The van der Waals surface area contributed by atoms with Crippen molar-refractivity contribution in [2.45, 2.75) is 32.2 Å². The number of hydrogen-bond donors (Lipinski definition) is 0. The Morgan fingerprint density at radius 1 is 1.00 bits per heavy atom. The highest BCUT2D eigenvalue weighted by Gasteiger charge is 2.42. The number of amides is 2. The molecule has 4 rings (SSSR count). The van der Waals surface area contributed by atoms with E-state index in [2.05, 4.69) is 19.1 Å². The first-order valence-electron chi connectivity index (χ1n) is 10.1. The first-order chi connectivity index (χ1) is 13.5.